The van der Waals surface area contributed by atoms with E-state index in [9.17, 15) is 10.0 Å². The average Bonchev–Trinajstić information content (AvgIpc) is 0.744. The summed E-state index contributed by atoms with van der Waals surface area (Å²) in [5, 5.41) is 28.6. The first-order valence-corrected chi connectivity index (χ1v) is 32.4. The number of nitrogens with zero attached hydrogens (tertiary/aromatic N) is 2. The second-order valence-electron chi connectivity index (χ2n) is 23.0. The molecule has 16 aromatic carbocycles. The highest BCUT2D eigenvalue weighted by atomic mass is 79.9. The van der Waals surface area contributed by atoms with Gasteiger partial charge in [-0.3, -0.25) is 0 Å². The van der Waals surface area contributed by atoms with Gasteiger partial charge in [-0.15, -0.1) is 0 Å². The lowest BCUT2D eigenvalue weighted by Gasteiger charge is -2.25. The van der Waals surface area contributed by atoms with Gasteiger partial charge in [0.15, 0.2) is 0 Å². The van der Waals surface area contributed by atoms with Crippen molar-refractivity contribution in [2.24, 2.45) is 0 Å². The van der Waals surface area contributed by atoms with Crippen LogP contribution in [0.25, 0.3) is 98.7 Å². The zero-order valence-electron chi connectivity index (χ0n) is 51.5. The summed E-state index contributed by atoms with van der Waals surface area (Å²) in [5.74, 6) is 0. The van der Waals surface area contributed by atoms with E-state index in [0.29, 0.717) is 5.46 Å². The van der Waals surface area contributed by atoms with Gasteiger partial charge in [-0.05, 0) is 195 Å². The molecular weight excluding hydrogens is 1210 g/mol. The van der Waals surface area contributed by atoms with E-state index < -0.39 is 7.12 Å². The molecule has 0 atom stereocenters. The molecule has 448 valence electrons. The molecule has 6 heteroatoms. The van der Waals surface area contributed by atoms with Crippen LogP contribution in [0.3, 0.4) is 0 Å². The van der Waals surface area contributed by atoms with Gasteiger partial charge < -0.3 is 19.8 Å². The molecule has 16 aromatic rings. The number of rotatable bonds is 12. The summed E-state index contributed by atoms with van der Waals surface area (Å²) < 4.78 is 1.10. The van der Waals surface area contributed by atoms with Crippen LogP contribution in [0, 0.1) is 0 Å². The first-order chi connectivity index (χ1) is 46.4. The molecule has 0 unspecified atom stereocenters. The van der Waals surface area contributed by atoms with Gasteiger partial charge in [-0.2, -0.15) is 0 Å². The van der Waals surface area contributed by atoms with Gasteiger partial charge in [0.1, 0.15) is 0 Å². The Morgan fingerprint density at radius 3 is 0.777 bits per heavy atom. The molecule has 0 fully saturated rings. The molecule has 0 radical (unpaired) electrons. The van der Waals surface area contributed by atoms with Gasteiger partial charge in [0.2, 0.25) is 0 Å². The lowest BCUT2D eigenvalue weighted by Crippen LogP contribution is -2.29. The van der Waals surface area contributed by atoms with Crippen molar-refractivity contribution in [2.75, 3.05) is 9.80 Å². The van der Waals surface area contributed by atoms with Crippen molar-refractivity contribution in [1.82, 2.24) is 0 Å². The van der Waals surface area contributed by atoms with Crippen molar-refractivity contribution < 1.29 is 10.0 Å². The average molecular weight is 1270 g/mol. The highest BCUT2D eigenvalue weighted by molar-refractivity contribution is 9.10. The predicted octanol–water partition coefficient (Wildman–Crippen LogP) is 23.4. The van der Waals surface area contributed by atoms with Crippen molar-refractivity contribution in [2.45, 2.75) is 0 Å². The minimum Gasteiger partial charge on any atom is -0.423 e. The van der Waals surface area contributed by atoms with Gasteiger partial charge in [0, 0.05) is 38.6 Å². The van der Waals surface area contributed by atoms with Crippen LogP contribution in [0.5, 0.6) is 0 Å². The van der Waals surface area contributed by atoms with Crippen LogP contribution in [0.1, 0.15) is 0 Å². The van der Waals surface area contributed by atoms with Crippen molar-refractivity contribution in [3.8, 4) is 55.6 Å². The Hall–Kier alpha value is -11.4. The SMILES string of the molecule is Brc1ccc2c(-c3ccccc3)c3ccccc3c(-c3ccccc3)c2c1.OB(O)c1ccc(N(c2ccccc2)c2ccccc2)cc1.c1ccc(-c2c3ccccc3c(-c3ccccc3)c3cc(-c4ccc(N(c5ccccc5)c5ccccc5)cc4)ccc23)cc1. The summed E-state index contributed by atoms with van der Waals surface area (Å²) in [5.41, 5.74) is 19.4. The van der Waals surface area contributed by atoms with Gasteiger partial charge >= 0.3 is 7.12 Å². The van der Waals surface area contributed by atoms with E-state index in [4.69, 9.17) is 0 Å². The number of fused-ring (bicyclic) bond motifs is 4. The van der Waals surface area contributed by atoms with E-state index in [1.165, 1.54) is 98.7 Å². The first kappa shape index (κ1) is 60.2. The third-order valence-electron chi connectivity index (χ3n) is 17.2. The van der Waals surface area contributed by atoms with Crippen LogP contribution >= 0.6 is 15.9 Å². The second-order valence-corrected chi connectivity index (χ2v) is 23.9. The van der Waals surface area contributed by atoms with Gasteiger partial charge in [-0.25, -0.2) is 0 Å². The van der Waals surface area contributed by atoms with Crippen LogP contribution in [0.4, 0.5) is 34.1 Å². The maximum Gasteiger partial charge on any atom is 0.488 e. The lowest BCUT2D eigenvalue weighted by atomic mass is 9.80. The monoisotopic (exact) mass is 1270 g/mol. The lowest BCUT2D eigenvalue weighted by molar-refractivity contribution is 0.426. The second kappa shape index (κ2) is 28.0. The van der Waals surface area contributed by atoms with Crippen LogP contribution < -0.4 is 15.3 Å². The molecule has 0 aromatic heterocycles. The summed E-state index contributed by atoms with van der Waals surface area (Å²) in [4.78, 5) is 4.42. The molecule has 0 amide bonds. The topological polar surface area (TPSA) is 46.9 Å². The normalized spacial score (nSPS) is 10.9. The van der Waals surface area contributed by atoms with Crippen molar-refractivity contribution in [1.29, 1.82) is 0 Å². The summed E-state index contributed by atoms with van der Waals surface area (Å²) in [6.07, 6.45) is 0. The molecule has 0 heterocycles. The highest BCUT2D eigenvalue weighted by Crippen LogP contribution is 2.47. The summed E-state index contributed by atoms with van der Waals surface area (Å²) in [6, 6.07) is 132. The van der Waals surface area contributed by atoms with Crippen molar-refractivity contribution in [3.05, 3.63) is 381 Å². The molecule has 0 saturated carbocycles. The number of halogens is 1. The minimum absolute atomic E-state index is 0.477. The van der Waals surface area contributed by atoms with E-state index in [1.54, 1.807) is 12.1 Å². The number of benzene rings is 16. The molecule has 0 saturated heterocycles. The fourth-order valence-electron chi connectivity index (χ4n) is 13.0. The fraction of sp³-hybridized carbons (Fsp3) is 0. The van der Waals surface area contributed by atoms with E-state index in [0.717, 1.165) is 38.6 Å². The Labute approximate surface area is 558 Å². The number of hydrogen-bond donors (Lipinski definition) is 2. The molecule has 0 aliphatic rings. The van der Waals surface area contributed by atoms with E-state index in [2.05, 4.69) is 317 Å². The molecule has 4 nitrogen and oxygen atoms in total. The molecule has 0 bridgehead atoms. The molecule has 0 aliphatic carbocycles. The van der Waals surface area contributed by atoms with Crippen molar-refractivity contribution >= 4 is 106 Å². The predicted molar refractivity (Wildman–Crippen MR) is 403 cm³/mol. The Morgan fingerprint density at radius 1 is 0.202 bits per heavy atom. The molecular formula is C88H64BBrN2O2. The highest BCUT2D eigenvalue weighted by Gasteiger charge is 2.21. The smallest absolute Gasteiger partial charge is 0.423 e. The molecule has 0 aliphatic heterocycles. The molecule has 94 heavy (non-hydrogen) atoms. The minimum atomic E-state index is -1.45. The Morgan fingerprint density at radius 2 is 0.447 bits per heavy atom. The van der Waals surface area contributed by atoms with E-state index in [-0.39, 0.29) is 0 Å². The van der Waals surface area contributed by atoms with E-state index >= 15 is 0 Å². The molecule has 16 rings (SSSR count). The maximum atomic E-state index is 9.23. The molecule has 0 spiro atoms. The summed E-state index contributed by atoms with van der Waals surface area (Å²) in [6.45, 7) is 0. The van der Waals surface area contributed by atoms with Crippen LogP contribution in [0.2, 0.25) is 0 Å². The van der Waals surface area contributed by atoms with Crippen molar-refractivity contribution in [3.63, 3.8) is 0 Å². The Balaban J connectivity index is 0.000000132. The third-order valence-corrected chi connectivity index (χ3v) is 17.7. The van der Waals surface area contributed by atoms with E-state index in [1.807, 2.05) is 72.8 Å². The molecule has 2 N–H and O–H groups in total. The van der Waals surface area contributed by atoms with Crippen LogP contribution in [-0.2, 0) is 0 Å². The van der Waals surface area contributed by atoms with Gasteiger partial charge in [-0.1, -0.05) is 301 Å². The third kappa shape index (κ3) is 12.7. The fourth-order valence-corrected chi connectivity index (χ4v) is 13.3. The Bertz CT molecular complexity index is 5110. The van der Waals surface area contributed by atoms with Crippen LogP contribution in [-0.4, -0.2) is 17.2 Å². The quantitative estimate of drug-likeness (QED) is 0.0945. The number of anilines is 6. The summed E-state index contributed by atoms with van der Waals surface area (Å²) >= 11 is 3.68. The van der Waals surface area contributed by atoms with Gasteiger partial charge in [0.25, 0.3) is 0 Å². The maximum absolute atomic E-state index is 9.23. The first-order valence-electron chi connectivity index (χ1n) is 31.6. The standard InChI is InChI=1S/C44H31N.C26H17Br.C18H16BNO2/c1-5-15-33(16-6-1)43-39-23-13-14-24-40(39)44(34-17-7-2-8-18-34)42-31-35(27-30-41(42)43)32-25-28-38(29-26-32)45(36-19-9-3-10-20-36)37-21-11-4-12-22-37;27-20-15-16-23-24(17-20)26(19-11-5-2-6-12-19)22-14-8-7-13-21(22)25(23)18-9-3-1-4-10-18;21-19(22)15-11-13-18(14-12-15)20(16-7-3-1-4-8-16)17-9-5-2-6-10-17/h1-31H;1-17H;1-14,21-22H. The largest absolute Gasteiger partial charge is 0.488 e. The van der Waals surface area contributed by atoms with Crippen LogP contribution in [0.15, 0.2) is 381 Å². The zero-order chi connectivity index (χ0) is 63.6. The summed E-state index contributed by atoms with van der Waals surface area (Å²) in [7, 11) is -1.45. The Kier molecular flexibility index (Phi) is 17.9. The van der Waals surface area contributed by atoms with Gasteiger partial charge in [0.05, 0.1) is 0 Å². The number of para-hydroxylation sites is 4. The number of hydrogen-bond acceptors (Lipinski definition) is 4. The zero-order valence-corrected chi connectivity index (χ0v) is 53.1.